The Bertz CT molecular complexity index is 50.3. The second-order valence-corrected chi connectivity index (χ2v) is 1.93. The van der Waals surface area contributed by atoms with Gasteiger partial charge < -0.3 is 10.5 Å². The van der Waals surface area contributed by atoms with Crippen LogP contribution in [-0.2, 0) is 4.74 Å². The molecule has 0 radical (unpaired) electrons. The van der Waals surface area contributed by atoms with Crippen molar-refractivity contribution in [3.8, 4) is 0 Å². The highest BCUT2D eigenvalue weighted by atomic mass is 35.5. The van der Waals surface area contributed by atoms with Crippen LogP contribution in [0, 0.1) is 0 Å². The number of hydrogen-bond acceptors (Lipinski definition) is 2. The Morgan fingerprint density at radius 3 is 2.44 bits per heavy atom. The lowest BCUT2D eigenvalue weighted by Crippen LogP contribution is -2.19. The molecule has 0 bridgehead atoms. The minimum absolute atomic E-state index is 0. The van der Waals surface area contributed by atoms with Gasteiger partial charge in [-0.25, -0.2) is 0 Å². The Hall–Kier alpha value is 0.210. The maximum absolute atomic E-state index is 5.31. The lowest BCUT2D eigenvalue weighted by Gasteiger charge is -2.04. The van der Waals surface area contributed by atoms with Gasteiger partial charge in [0.25, 0.3) is 0 Å². The van der Waals surface area contributed by atoms with Crippen LogP contribution in [0.25, 0.3) is 0 Å². The van der Waals surface area contributed by atoms with Gasteiger partial charge in [-0.15, -0.1) is 12.4 Å². The molecule has 0 amide bonds. The van der Waals surface area contributed by atoms with Crippen LogP contribution >= 0.6 is 12.4 Å². The summed E-state index contributed by atoms with van der Waals surface area (Å²) in [5.41, 5.74) is 5.31. The van der Waals surface area contributed by atoms with Crippen molar-refractivity contribution in [2.45, 2.75) is 32.9 Å². The molecule has 0 aromatic carbocycles. The van der Waals surface area contributed by atoms with E-state index in [1.807, 2.05) is 6.92 Å². The SMILES string of the molecule is CCCCOC(C)N.Cl. The molecular formula is C6H16ClNO. The second-order valence-electron chi connectivity index (χ2n) is 1.93. The van der Waals surface area contributed by atoms with E-state index in [4.69, 9.17) is 10.5 Å². The van der Waals surface area contributed by atoms with Crippen LogP contribution in [-0.4, -0.2) is 12.8 Å². The zero-order chi connectivity index (χ0) is 6.41. The van der Waals surface area contributed by atoms with Crippen molar-refractivity contribution >= 4 is 12.4 Å². The third-order valence-corrected chi connectivity index (χ3v) is 0.879. The Morgan fingerprint density at radius 1 is 1.56 bits per heavy atom. The lowest BCUT2D eigenvalue weighted by atomic mass is 10.4. The minimum atomic E-state index is -0.0958. The number of hydrogen-bond donors (Lipinski definition) is 1. The molecule has 0 aliphatic carbocycles. The van der Waals surface area contributed by atoms with Crippen molar-refractivity contribution in [1.82, 2.24) is 0 Å². The highest BCUT2D eigenvalue weighted by Gasteiger charge is 1.89. The van der Waals surface area contributed by atoms with Gasteiger partial charge in [0.2, 0.25) is 0 Å². The van der Waals surface area contributed by atoms with E-state index < -0.39 is 0 Å². The van der Waals surface area contributed by atoms with E-state index in [9.17, 15) is 0 Å². The molecule has 0 heterocycles. The number of halogens is 1. The van der Waals surface area contributed by atoms with Crippen molar-refractivity contribution < 1.29 is 4.74 Å². The predicted molar refractivity (Wildman–Crippen MR) is 41.8 cm³/mol. The fourth-order valence-electron chi connectivity index (χ4n) is 0.414. The van der Waals surface area contributed by atoms with Crippen LogP contribution < -0.4 is 5.73 Å². The molecule has 2 N–H and O–H groups in total. The van der Waals surface area contributed by atoms with Gasteiger partial charge in [0.15, 0.2) is 0 Å². The first-order chi connectivity index (χ1) is 3.77. The first kappa shape index (κ1) is 11.9. The molecule has 9 heavy (non-hydrogen) atoms. The molecular weight excluding hydrogens is 138 g/mol. The standard InChI is InChI=1S/C6H15NO.ClH/c1-3-4-5-8-6(2)7;/h6H,3-5,7H2,1-2H3;1H. The van der Waals surface area contributed by atoms with Gasteiger partial charge in [0, 0.05) is 6.61 Å². The molecule has 0 aromatic rings. The molecule has 0 aromatic heterocycles. The van der Waals surface area contributed by atoms with Crippen molar-refractivity contribution in [3.05, 3.63) is 0 Å². The maximum atomic E-state index is 5.31. The third-order valence-electron chi connectivity index (χ3n) is 0.879. The molecule has 1 atom stereocenters. The van der Waals surface area contributed by atoms with Gasteiger partial charge in [-0.05, 0) is 13.3 Å². The van der Waals surface area contributed by atoms with Crippen LogP contribution in [0.2, 0.25) is 0 Å². The summed E-state index contributed by atoms with van der Waals surface area (Å²) in [6, 6.07) is 0. The number of unbranched alkanes of at least 4 members (excludes halogenated alkanes) is 1. The lowest BCUT2D eigenvalue weighted by molar-refractivity contribution is 0.0686. The topological polar surface area (TPSA) is 35.2 Å². The van der Waals surface area contributed by atoms with E-state index in [2.05, 4.69) is 6.92 Å². The van der Waals surface area contributed by atoms with E-state index in [1.54, 1.807) is 0 Å². The van der Waals surface area contributed by atoms with E-state index in [0.717, 1.165) is 13.0 Å². The molecule has 3 heteroatoms. The predicted octanol–water partition coefficient (Wildman–Crippen LogP) is 1.53. The van der Waals surface area contributed by atoms with Crippen molar-refractivity contribution in [2.24, 2.45) is 5.73 Å². The number of nitrogens with two attached hydrogens (primary N) is 1. The van der Waals surface area contributed by atoms with Gasteiger partial charge >= 0.3 is 0 Å². The summed E-state index contributed by atoms with van der Waals surface area (Å²) in [6.07, 6.45) is 2.19. The molecule has 0 fully saturated rings. The Morgan fingerprint density at radius 2 is 2.11 bits per heavy atom. The van der Waals surface area contributed by atoms with Gasteiger partial charge in [-0.3, -0.25) is 0 Å². The van der Waals surface area contributed by atoms with Gasteiger partial charge in [-0.1, -0.05) is 13.3 Å². The van der Waals surface area contributed by atoms with Crippen molar-refractivity contribution in [1.29, 1.82) is 0 Å². The van der Waals surface area contributed by atoms with Crippen LogP contribution in [0.4, 0.5) is 0 Å². The highest BCUT2D eigenvalue weighted by Crippen LogP contribution is 1.88. The Labute approximate surface area is 63.2 Å². The van der Waals surface area contributed by atoms with Gasteiger partial charge in [-0.2, -0.15) is 0 Å². The fourth-order valence-corrected chi connectivity index (χ4v) is 0.414. The van der Waals surface area contributed by atoms with E-state index >= 15 is 0 Å². The Balaban J connectivity index is 0. The third kappa shape index (κ3) is 11.7. The van der Waals surface area contributed by atoms with Crippen molar-refractivity contribution in [3.63, 3.8) is 0 Å². The van der Waals surface area contributed by atoms with E-state index in [-0.39, 0.29) is 18.6 Å². The number of ether oxygens (including phenoxy) is 1. The van der Waals surface area contributed by atoms with Crippen molar-refractivity contribution in [2.75, 3.05) is 6.61 Å². The minimum Gasteiger partial charge on any atom is -0.364 e. The number of rotatable bonds is 4. The summed E-state index contributed by atoms with van der Waals surface area (Å²) in [5, 5.41) is 0. The molecule has 0 aliphatic rings. The van der Waals surface area contributed by atoms with E-state index in [1.165, 1.54) is 6.42 Å². The van der Waals surface area contributed by atoms with Gasteiger partial charge in [0.1, 0.15) is 6.23 Å². The van der Waals surface area contributed by atoms with Crippen LogP contribution in [0.15, 0.2) is 0 Å². The summed E-state index contributed by atoms with van der Waals surface area (Å²) < 4.78 is 5.06. The van der Waals surface area contributed by atoms with Crippen LogP contribution in [0.5, 0.6) is 0 Å². The molecule has 0 saturated heterocycles. The Kier molecular flexibility index (Phi) is 10.9. The molecule has 2 nitrogen and oxygen atoms in total. The fraction of sp³-hybridized carbons (Fsp3) is 1.00. The molecule has 0 saturated carbocycles. The first-order valence-corrected chi connectivity index (χ1v) is 3.14. The summed E-state index contributed by atoms with van der Waals surface area (Å²) >= 11 is 0. The van der Waals surface area contributed by atoms with Crippen LogP contribution in [0.1, 0.15) is 26.7 Å². The average Bonchev–Trinajstić information content (AvgIpc) is 1.66. The largest absolute Gasteiger partial charge is 0.364 e. The molecule has 58 valence electrons. The molecule has 1 unspecified atom stereocenters. The second kappa shape index (κ2) is 8.21. The quantitative estimate of drug-likeness (QED) is 0.491. The normalized spacial score (nSPS) is 12.3. The monoisotopic (exact) mass is 153 g/mol. The summed E-state index contributed by atoms with van der Waals surface area (Å²) in [6.45, 7) is 4.77. The van der Waals surface area contributed by atoms with Gasteiger partial charge in [0.05, 0.1) is 0 Å². The molecule has 0 aliphatic heterocycles. The molecule has 0 spiro atoms. The van der Waals surface area contributed by atoms with E-state index in [0.29, 0.717) is 0 Å². The summed E-state index contributed by atoms with van der Waals surface area (Å²) in [5.74, 6) is 0. The molecule has 0 rings (SSSR count). The maximum Gasteiger partial charge on any atom is 0.102 e. The highest BCUT2D eigenvalue weighted by molar-refractivity contribution is 5.85. The average molecular weight is 154 g/mol. The first-order valence-electron chi connectivity index (χ1n) is 3.14. The zero-order valence-electron chi connectivity index (χ0n) is 6.09. The summed E-state index contributed by atoms with van der Waals surface area (Å²) in [4.78, 5) is 0. The van der Waals surface area contributed by atoms with Crippen LogP contribution in [0.3, 0.4) is 0 Å². The summed E-state index contributed by atoms with van der Waals surface area (Å²) in [7, 11) is 0. The zero-order valence-corrected chi connectivity index (χ0v) is 6.91. The smallest absolute Gasteiger partial charge is 0.102 e.